The van der Waals surface area contributed by atoms with Crippen molar-refractivity contribution in [1.82, 2.24) is 0 Å². The molecule has 0 aliphatic carbocycles. The van der Waals surface area contributed by atoms with Crippen molar-refractivity contribution in [1.29, 1.82) is 15.8 Å². The molecule has 0 fully saturated rings. The fraction of sp³-hybridized carbons (Fsp3) is 0. The first-order valence-electron chi connectivity index (χ1n) is 4.39. The summed E-state index contributed by atoms with van der Waals surface area (Å²) >= 11 is 9.97. The maximum atomic E-state index is 8.94. The van der Waals surface area contributed by atoms with E-state index in [1.165, 1.54) is 0 Å². The third-order valence-corrected chi connectivity index (χ3v) is 3.55. The molecule has 0 aliphatic heterocycles. The van der Waals surface area contributed by atoms with Gasteiger partial charge < -0.3 is 5.32 Å². The molecule has 88 valence electrons. The van der Waals surface area contributed by atoms with Gasteiger partial charge in [0.15, 0.2) is 5.57 Å². The Morgan fingerprint density at radius 1 is 0.944 bits per heavy atom. The van der Waals surface area contributed by atoms with Gasteiger partial charge in [0.2, 0.25) is 0 Å². The smallest absolute Gasteiger partial charge is 0.163 e. The van der Waals surface area contributed by atoms with Gasteiger partial charge in [-0.1, -0.05) is 15.9 Å². The average Bonchev–Trinajstić information content (AvgIpc) is 2.32. The summed E-state index contributed by atoms with van der Waals surface area (Å²) in [5.41, 5.74) is 0.209. The zero-order chi connectivity index (χ0) is 13.7. The highest BCUT2D eigenvalue weighted by Crippen LogP contribution is 2.35. The van der Waals surface area contributed by atoms with Crippen LogP contribution in [-0.2, 0) is 0 Å². The number of nitriles is 3. The molecule has 1 rings (SSSR count). The van der Waals surface area contributed by atoms with Crippen LogP contribution in [0.5, 0.6) is 0 Å². The van der Waals surface area contributed by atoms with Crippen LogP contribution in [0.15, 0.2) is 36.8 Å². The number of nitrogens with zero attached hydrogens (tertiary/aromatic N) is 3. The van der Waals surface area contributed by atoms with Crippen molar-refractivity contribution in [2.45, 2.75) is 0 Å². The lowest BCUT2D eigenvalue weighted by molar-refractivity contribution is 1.36. The lowest BCUT2D eigenvalue weighted by Gasteiger charge is -2.10. The molecule has 18 heavy (non-hydrogen) atoms. The van der Waals surface area contributed by atoms with Crippen LogP contribution >= 0.6 is 47.8 Å². The van der Waals surface area contributed by atoms with E-state index >= 15 is 0 Å². The molecule has 0 aliphatic rings. The first-order chi connectivity index (χ1) is 8.53. The Hall–Kier alpha value is -1.33. The summed E-state index contributed by atoms with van der Waals surface area (Å²) in [6, 6.07) is 8.68. The maximum Gasteiger partial charge on any atom is 0.163 e. The van der Waals surface area contributed by atoms with Crippen molar-refractivity contribution in [2.24, 2.45) is 0 Å². The maximum absolute atomic E-state index is 8.94. The Morgan fingerprint density at radius 2 is 1.44 bits per heavy atom. The molecule has 0 radical (unpaired) electrons. The Bertz CT molecular complexity index is 605. The summed E-state index contributed by atoms with van der Waals surface area (Å²) in [4.78, 5) is 0. The van der Waals surface area contributed by atoms with Crippen LogP contribution in [0.2, 0.25) is 0 Å². The molecule has 0 amide bonds. The molecule has 7 heteroatoms. The van der Waals surface area contributed by atoms with Crippen molar-refractivity contribution in [2.75, 3.05) is 5.32 Å². The normalized spacial score (nSPS) is 8.67. The summed E-state index contributed by atoms with van der Waals surface area (Å²) in [5.74, 6) is 0. The lowest BCUT2D eigenvalue weighted by Crippen LogP contribution is -2.02. The van der Waals surface area contributed by atoms with Gasteiger partial charge >= 0.3 is 0 Å². The van der Waals surface area contributed by atoms with Crippen molar-refractivity contribution in [3.63, 3.8) is 0 Å². The molecule has 1 N–H and O–H groups in total. The van der Waals surface area contributed by atoms with Crippen LogP contribution in [0.4, 0.5) is 5.69 Å². The highest BCUT2D eigenvalue weighted by molar-refractivity contribution is 9.11. The van der Waals surface area contributed by atoms with Crippen LogP contribution in [0, 0.1) is 34.0 Å². The average molecular weight is 431 g/mol. The van der Waals surface area contributed by atoms with E-state index in [2.05, 4.69) is 53.1 Å². The predicted octanol–water partition coefficient (Wildman–Crippen LogP) is 4.21. The Morgan fingerprint density at radius 3 is 1.83 bits per heavy atom. The molecule has 0 spiro atoms. The minimum atomic E-state index is -0.265. The van der Waals surface area contributed by atoms with Crippen molar-refractivity contribution in [3.05, 3.63) is 36.8 Å². The minimum Gasteiger partial charge on any atom is -0.343 e. The van der Waals surface area contributed by atoms with E-state index in [0.717, 1.165) is 4.47 Å². The molecule has 1 aromatic carbocycles. The van der Waals surface area contributed by atoms with Crippen LogP contribution in [-0.4, -0.2) is 0 Å². The lowest BCUT2D eigenvalue weighted by atomic mass is 10.2. The summed E-state index contributed by atoms with van der Waals surface area (Å²) in [7, 11) is 0. The van der Waals surface area contributed by atoms with Gasteiger partial charge in [0, 0.05) is 13.4 Å². The second kappa shape index (κ2) is 6.56. The summed E-state index contributed by atoms with van der Waals surface area (Å²) in [6.45, 7) is 0. The minimum absolute atomic E-state index is 0.0938. The van der Waals surface area contributed by atoms with E-state index in [4.69, 9.17) is 15.8 Å². The number of halogens is 3. The van der Waals surface area contributed by atoms with Gasteiger partial charge in [-0.2, -0.15) is 15.8 Å². The van der Waals surface area contributed by atoms with E-state index in [1.807, 2.05) is 0 Å². The molecule has 0 unspecified atom stereocenters. The van der Waals surface area contributed by atoms with Crippen molar-refractivity contribution >= 4 is 53.5 Å². The van der Waals surface area contributed by atoms with Crippen LogP contribution in [0.1, 0.15) is 0 Å². The van der Waals surface area contributed by atoms with E-state index in [-0.39, 0.29) is 11.3 Å². The molecule has 0 saturated heterocycles. The van der Waals surface area contributed by atoms with Gasteiger partial charge in [0.25, 0.3) is 0 Å². The molecule has 1 aromatic rings. The quantitative estimate of drug-likeness (QED) is 0.712. The standard InChI is InChI=1S/C11H3Br3N4/c12-7-1-8(13)11(9(14)2-7)18-10(5-17)6(3-15)4-16/h1-2,18H. The molecule has 0 saturated carbocycles. The number of anilines is 1. The molecular formula is C11H3Br3N4. The van der Waals surface area contributed by atoms with Crippen molar-refractivity contribution < 1.29 is 0 Å². The largest absolute Gasteiger partial charge is 0.343 e. The summed E-state index contributed by atoms with van der Waals surface area (Å²) in [6.07, 6.45) is 0. The Labute approximate surface area is 129 Å². The van der Waals surface area contributed by atoms with Crippen molar-refractivity contribution in [3.8, 4) is 18.2 Å². The van der Waals surface area contributed by atoms with Gasteiger partial charge in [0.1, 0.15) is 23.9 Å². The second-order valence-electron chi connectivity index (χ2n) is 2.95. The number of hydrogen-bond acceptors (Lipinski definition) is 4. The summed E-state index contributed by atoms with van der Waals surface area (Å²) < 4.78 is 2.22. The van der Waals surface area contributed by atoms with E-state index in [1.54, 1.807) is 30.3 Å². The van der Waals surface area contributed by atoms with Crippen LogP contribution in [0.25, 0.3) is 0 Å². The van der Waals surface area contributed by atoms with Gasteiger partial charge in [-0.15, -0.1) is 0 Å². The molecule has 0 atom stereocenters. The molecule has 0 heterocycles. The first-order valence-corrected chi connectivity index (χ1v) is 6.77. The summed E-state index contributed by atoms with van der Waals surface area (Å²) in [5, 5.41) is 29.2. The number of hydrogen-bond donors (Lipinski definition) is 1. The van der Waals surface area contributed by atoms with Gasteiger partial charge in [0.05, 0.1) is 5.69 Å². The predicted molar refractivity (Wildman–Crippen MR) is 77.0 cm³/mol. The zero-order valence-corrected chi connectivity index (χ0v) is 13.4. The zero-order valence-electron chi connectivity index (χ0n) is 8.63. The van der Waals surface area contributed by atoms with E-state index in [9.17, 15) is 0 Å². The number of allylic oxidation sites excluding steroid dienone is 2. The van der Waals surface area contributed by atoms with E-state index in [0.29, 0.717) is 14.6 Å². The molecule has 0 aromatic heterocycles. The van der Waals surface area contributed by atoms with Gasteiger partial charge in [-0.05, 0) is 44.0 Å². The molecule has 4 nitrogen and oxygen atoms in total. The Balaban J connectivity index is 3.30. The fourth-order valence-electron chi connectivity index (χ4n) is 1.07. The SMILES string of the molecule is N#CC(C#N)=C(C#N)Nc1c(Br)cc(Br)cc1Br. The molecular weight excluding hydrogens is 428 g/mol. The Kier molecular flexibility index (Phi) is 5.37. The van der Waals surface area contributed by atoms with E-state index < -0.39 is 0 Å². The third kappa shape index (κ3) is 3.34. The van der Waals surface area contributed by atoms with Gasteiger partial charge in [-0.3, -0.25) is 0 Å². The number of benzene rings is 1. The highest BCUT2D eigenvalue weighted by atomic mass is 79.9. The van der Waals surface area contributed by atoms with Gasteiger partial charge in [-0.25, -0.2) is 0 Å². The fourth-order valence-corrected chi connectivity index (χ4v) is 3.53. The highest BCUT2D eigenvalue weighted by Gasteiger charge is 2.11. The number of nitrogens with one attached hydrogen (secondary N) is 1. The monoisotopic (exact) mass is 428 g/mol. The van der Waals surface area contributed by atoms with Crippen LogP contribution < -0.4 is 5.32 Å². The second-order valence-corrected chi connectivity index (χ2v) is 5.58. The third-order valence-electron chi connectivity index (χ3n) is 1.84. The van der Waals surface area contributed by atoms with Crippen LogP contribution in [0.3, 0.4) is 0 Å². The molecule has 0 bridgehead atoms. The number of rotatable bonds is 2. The first kappa shape index (κ1) is 14.7. The topological polar surface area (TPSA) is 83.4 Å².